The van der Waals surface area contributed by atoms with Gasteiger partial charge in [-0.05, 0) is 75.5 Å². The summed E-state index contributed by atoms with van der Waals surface area (Å²) < 4.78 is 5.29. The van der Waals surface area contributed by atoms with Gasteiger partial charge in [0.2, 0.25) is 0 Å². The molecule has 27 heavy (non-hydrogen) atoms. The molecule has 2 unspecified atom stereocenters. The minimum Gasteiger partial charge on any atom is -0.497 e. The van der Waals surface area contributed by atoms with Crippen LogP contribution in [0.5, 0.6) is 5.75 Å². The molecule has 1 aliphatic heterocycles. The van der Waals surface area contributed by atoms with Crippen LogP contribution < -0.4 is 10.1 Å². The Kier molecular flexibility index (Phi) is 6.17. The van der Waals surface area contributed by atoms with Crippen molar-refractivity contribution in [3.63, 3.8) is 0 Å². The lowest BCUT2D eigenvalue weighted by Gasteiger charge is -2.39. The zero-order valence-corrected chi connectivity index (χ0v) is 16.8. The zero-order chi connectivity index (χ0) is 19.4. The average Bonchev–Trinajstić information content (AvgIpc) is 2.68. The fourth-order valence-electron chi connectivity index (χ4n) is 4.10. The smallest absolute Gasteiger partial charge is 0.251 e. The van der Waals surface area contributed by atoms with Crippen LogP contribution in [0.1, 0.15) is 45.9 Å². The molecule has 0 aliphatic carbocycles. The highest BCUT2D eigenvalue weighted by atomic mass is 16.5. The molecule has 144 valence electrons. The fraction of sp³-hybridized carbons (Fsp3) is 0.435. The van der Waals surface area contributed by atoms with Gasteiger partial charge in [0.05, 0.1) is 7.11 Å². The largest absolute Gasteiger partial charge is 0.497 e. The number of benzene rings is 2. The number of nitrogens with one attached hydrogen (secondary N) is 1. The van der Waals surface area contributed by atoms with Crippen molar-refractivity contribution in [2.24, 2.45) is 5.92 Å². The second-order valence-corrected chi connectivity index (χ2v) is 7.63. The van der Waals surface area contributed by atoms with Gasteiger partial charge in [-0.1, -0.05) is 29.8 Å². The maximum absolute atomic E-state index is 12.7. The lowest BCUT2D eigenvalue weighted by Crippen LogP contribution is -2.41. The van der Waals surface area contributed by atoms with Crippen molar-refractivity contribution in [1.82, 2.24) is 10.2 Å². The normalized spacial score (nSPS) is 20.3. The maximum Gasteiger partial charge on any atom is 0.251 e. The molecule has 0 saturated carbocycles. The number of amides is 1. The van der Waals surface area contributed by atoms with Gasteiger partial charge in [0.1, 0.15) is 5.75 Å². The van der Waals surface area contributed by atoms with Gasteiger partial charge in [-0.25, -0.2) is 0 Å². The second-order valence-electron chi connectivity index (χ2n) is 7.63. The summed E-state index contributed by atoms with van der Waals surface area (Å²) in [6, 6.07) is 14.7. The van der Waals surface area contributed by atoms with Gasteiger partial charge in [0, 0.05) is 18.2 Å². The van der Waals surface area contributed by atoms with E-state index < -0.39 is 0 Å². The molecule has 1 fully saturated rings. The molecule has 2 atom stereocenters. The van der Waals surface area contributed by atoms with Gasteiger partial charge in [-0.15, -0.1) is 0 Å². The van der Waals surface area contributed by atoms with Crippen LogP contribution in [0.25, 0.3) is 0 Å². The molecule has 0 bridgehead atoms. The van der Waals surface area contributed by atoms with E-state index in [2.05, 4.69) is 29.4 Å². The van der Waals surface area contributed by atoms with Gasteiger partial charge >= 0.3 is 0 Å². The number of methoxy groups -OCH3 is 1. The van der Waals surface area contributed by atoms with Crippen LogP contribution in [0.15, 0.2) is 42.5 Å². The summed E-state index contributed by atoms with van der Waals surface area (Å²) in [6.07, 6.45) is 2.28. The van der Waals surface area contributed by atoms with Crippen LogP contribution in [0.4, 0.5) is 0 Å². The number of rotatable bonds is 5. The van der Waals surface area contributed by atoms with Crippen LogP contribution in [0, 0.1) is 19.8 Å². The first-order valence-corrected chi connectivity index (χ1v) is 9.69. The molecule has 4 nitrogen and oxygen atoms in total. The van der Waals surface area contributed by atoms with E-state index in [1.807, 2.05) is 44.2 Å². The molecule has 0 spiro atoms. The summed E-state index contributed by atoms with van der Waals surface area (Å²) in [5.41, 5.74) is 4.19. The van der Waals surface area contributed by atoms with Gasteiger partial charge in [0.25, 0.3) is 5.91 Å². The van der Waals surface area contributed by atoms with Crippen LogP contribution in [-0.4, -0.2) is 38.1 Å². The SMILES string of the molecule is COc1ccc(C2C(CNC(=O)c3cc(C)ccc3C)CCCN2C)cc1. The fourth-order valence-corrected chi connectivity index (χ4v) is 4.10. The van der Waals surface area contributed by atoms with Gasteiger partial charge in [-0.2, -0.15) is 0 Å². The molecule has 1 N–H and O–H groups in total. The van der Waals surface area contributed by atoms with Crippen molar-refractivity contribution >= 4 is 5.91 Å². The first-order chi connectivity index (χ1) is 13.0. The number of ether oxygens (including phenoxy) is 1. The lowest BCUT2D eigenvalue weighted by molar-refractivity contribution is 0.0890. The number of carbonyl (C=O) groups is 1. The maximum atomic E-state index is 12.7. The Hall–Kier alpha value is -2.33. The molecule has 1 amide bonds. The standard InChI is InChI=1S/C23H30N2O2/c1-16-7-8-17(2)21(14-16)23(26)24-15-19-6-5-13-25(3)22(19)18-9-11-20(27-4)12-10-18/h7-12,14,19,22H,5-6,13,15H2,1-4H3,(H,24,26). The Morgan fingerprint density at radius 2 is 1.93 bits per heavy atom. The van der Waals surface area contributed by atoms with Crippen LogP contribution in [-0.2, 0) is 0 Å². The second kappa shape index (κ2) is 8.57. The van der Waals surface area contributed by atoms with E-state index in [4.69, 9.17) is 4.74 Å². The molecule has 2 aromatic rings. The molecular formula is C23H30N2O2. The Morgan fingerprint density at radius 3 is 2.63 bits per heavy atom. The van der Waals surface area contributed by atoms with E-state index in [9.17, 15) is 4.79 Å². The van der Waals surface area contributed by atoms with Crippen LogP contribution in [0.3, 0.4) is 0 Å². The number of hydrogen-bond donors (Lipinski definition) is 1. The molecule has 2 aromatic carbocycles. The zero-order valence-electron chi connectivity index (χ0n) is 16.8. The van der Waals surface area contributed by atoms with Crippen molar-refractivity contribution in [3.8, 4) is 5.75 Å². The number of aryl methyl sites for hydroxylation is 2. The third kappa shape index (κ3) is 4.51. The van der Waals surface area contributed by atoms with Crippen LogP contribution >= 0.6 is 0 Å². The van der Waals surface area contributed by atoms with Gasteiger partial charge < -0.3 is 10.1 Å². The molecular weight excluding hydrogens is 336 g/mol. The van der Waals surface area contributed by atoms with Crippen LogP contribution in [0.2, 0.25) is 0 Å². The molecule has 1 aliphatic rings. The van der Waals surface area contributed by atoms with Crippen molar-refractivity contribution in [2.75, 3.05) is 27.2 Å². The number of likely N-dealkylation sites (tertiary alicyclic amines) is 1. The van der Waals surface area contributed by atoms with Gasteiger partial charge in [-0.3, -0.25) is 9.69 Å². The van der Waals surface area contributed by atoms with E-state index in [-0.39, 0.29) is 5.91 Å². The Morgan fingerprint density at radius 1 is 1.19 bits per heavy atom. The third-order valence-corrected chi connectivity index (χ3v) is 5.63. The van der Waals surface area contributed by atoms with Crippen molar-refractivity contribution in [3.05, 3.63) is 64.7 Å². The molecule has 0 radical (unpaired) electrons. The predicted molar refractivity (Wildman–Crippen MR) is 109 cm³/mol. The topological polar surface area (TPSA) is 41.6 Å². The van der Waals surface area contributed by atoms with Gasteiger partial charge in [0.15, 0.2) is 0 Å². The number of hydrogen-bond acceptors (Lipinski definition) is 3. The summed E-state index contributed by atoms with van der Waals surface area (Å²) in [5.74, 6) is 1.29. The summed E-state index contributed by atoms with van der Waals surface area (Å²) in [5, 5.41) is 3.19. The number of carbonyl (C=O) groups excluding carboxylic acids is 1. The monoisotopic (exact) mass is 366 g/mol. The van der Waals surface area contributed by atoms with E-state index >= 15 is 0 Å². The van der Waals surface area contributed by atoms with E-state index in [1.54, 1.807) is 7.11 Å². The Bertz CT molecular complexity index is 785. The molecule has 0 aromatic heterocycles. The summed E-state index contributed by atoms with van der Waals surface area (Å²) in [6.45, 7) is 5.78. The van der Waals surface area contributed by atoms with Crippen molar-refractivity contribution in [2.45, 2.75) is 32.7 Å². The minimum absolute atomic E-state index is 0.0258. The predicted octanol–water partition coefficient (Wildman–Crippen LogP) is 4.12. The molecule has 3 rings (SSSR count). The minimum atomic E-state index is 0.0258. The van der Waals surface area contributed by atoms with E-state index in [1.165, 1.54) is 5.56 Å². The van der Waals surface area contributed by atoms with E-state index in [0.717, 1.165) is 41.8 Å². The Balaban J connectivity index is 1.73. The average molecular weight is 367 g/mol. The first-order valence-electron chi connectivity index (χ1n) is 9.69. The quantitative estimate of drug-likeness (QED) is 0.865. The first kappa shape index (κ1) is 19.4. The van der Waals surface area contributed by atoms with Crippen molar-refractivity contribution < 1.29 is 9.53 Å². The third-order valence-electron chi connectivity index (χ3n) is 5.63. The molecule has 1 saturated heterocycles. The molecule has 4 heteroatoms. The summed E-state index contributed by atoms with van der Waals surface area (Å²) in [7, 11) is 3.86. The highest BCUT2D eigenvalue weighted by Gasteiger charge is 2.30. The number of piperidine rings is 1. The lowest BCUT2D eigenvalue weighted by atomic mass is 9.84. The summed E-state index contributed by atoms with van der Waals surface area (Å²) in [4.78, 5) is 15.1. The van der Waals surface area contributed by atoms with E-state index in [0.29, 0.717) is 18.5 Å². The Labute approximate surface area is 162 Å². The highest BCUT2D eigenvalue weighted by Crippen LogP contribution is 2.35. The number of nitrogens with zero attached hydrogens (tertiary/aromatic N) is 1. The highest BCUT2D eigenvalue weighted by molar-refractivity contribution is 5.95. The van der Waals surface area contributed by atoms with Crippen molar-refractivity contribution in [1.29, 1.82) is 0 Å². The molecule has 1 heterocycles. The summed E-state index contributed by atoms with van der Waals surface area (Å²) >= 11 is 0.